The van der Waals surface area contributed by atoms with Gasteiger partial charge in [-0.3, -0.25) is 0 Å². The lowest BCUT2D eigenvalue weighted by Gasteiger charge is -2.41. The van der Waals surface area contributed by atoms with Crippen molar-refractivity contribution in [2.24, 2.45) is 5.73 Å². The molecule has 0 aliphatic heterocycles. The van der Waals surface area contributed by atoms with E-state index in [4.69, 9.17) is 5.73 Å². The number of thioether (sulfide) groups is 1. The summed E-state index contributed by atoms with van der Waals surface area (Å²) in [7, 11) is 0. The van der Waals surface area contributed by atoms with E-state index in [1.54, 1.807) is 18.4 Å². The van der Waals surface area contributed by atoms with Crippen LogP contribution in [0.2, 0.25) is 0 Å². The van der Waals surface area contributed by atoms with Crippen LogP contribution < -0.4 is 5.73 Å². The number of nitrogens with two attached hydrogens (primary N) is 1. The van der Waals surface area contributed by atoms with E-state index in [9.17, 15) is 8.78 Å². The fourth-order valence-corrected chi connectivity index (χ4v) is 2.76. The number of rotatable bonds is 3. The summed E-state index contributed by atoms with van der Waals surface area (Å²) in [5.74, 6) is -1.44. The summed E-state index contributed by atoms with van der Waals surface area (Å²) in [4.78, 5) is 0.354. The molecule has 0 bridgehead atoms. The molecule has 0 heterocycles. The quantitative estimate of drug-likeness (QED) is 0.826. The first-order valence-electron chi connectivity index (χ1n) is 5.37. The lowest BCUT2D eigenvalue weighted by atomic mass is 9.64. The summed E-state index contributed by atoms with van der Waals surface area (Å²) in [6, 6.07) is 3.34. The smallest absolute Gasteiger partial charge is 0.172 e. The van der Waals surface area contributed by atoms with Crippen molar-refractivity contribution < 1.29 is 8.78 Å². The lowest BCUT2D eigenvalue weighted by molar-refractivity contribution is 0.241. The van der Waals surface area contributed by atoms with Crippen LogP contribution in [0.3, 0.4) is 0 Å². The topological polar surface area (TPSA) is 26.0 Å². The summed E-state index contributed by atoms with van der Waals surface area (Å²) < 4.78 is 27.6. The van der Waals surface area contributed by atoms with E-state index in [2.05, 4.69) is 0 Å². The number of hydrogen-bond acceptors (Lipinski definition) is 2. The number of halogens is 2. The molecule has 1 aromatic carbocycles. The molecule has 0 spiro atoms. The first-order valence-corrected chi connectivity index (χ1v) is 6.59. The Labute approximate surface area is 98.4 Å². The maximum atomic E-state index is 13.9. The van der Waals surface area contributed by atoms with Crippen molar-refractivity contribution in [3.63, 3.8) is 0 Å². The van der Waals surface area contributed by atoms with Gasteiger partial charge in [0.25, 0.3) is 0 Å². The van der Waals surface area contributed by atoms with Gasteiger partial charge in [0.05, 0.1) is 0 Å². The summed E-state index contributed by atoms with van der Waals surface area (Å²) in [6.45, 7) is 0.391. The minimum Gasteiger partial charge on any atom is -0.330 e. The molecule has 4 heteroatoms. The highest BCUT2D eigenvalue weighted by atomic mass is 32.2. The molecule has 0 aromatic heterocycles. The van der Waals surface area contributed by atoms with Crippen LogP contribution >= 0.6 is 11.8 Å². The van der Waals surface area contributed by atoms with E-state index >= 15 is 0 Å². The molecule has 2 rings (SSSR count). The van der Waals surface area contributed by atoms with Gasteiger partial charge in [0.2, 0.25) is 0 Å². The predicted octanol–water partition coefficient (Wildman–Crippen LogP) is 3.07. The SMILES string of the molecule is CSc1ccc(C2(CN)CCC2)c(F)c1F. The molecule has 0 unspecified atom stereocenters. The molecule has 88 valence electrons. The second-order valence-corrected chi connectivity index (χ2v) is 5.13. The van der Waals surface area contributed by atoms with Crippen molar-refractivity contribution >= 4 is 11.8 Å². The van der Waals surface area contributed by atoms with Crippen LogP contribution in [-0.2, 0) is 5.41 Å². The van der Waals surface area contributed by atoms with Gasteiger partial charge in [0.15, 0.2) is 11.6 Å². The van der Waals surface area contributed by atoms with E-state index in [0.717, 1.165) is 19.3 Å². The molecule has 0 radical (unpaired) electrons. The third-order valence-corrected chi connectivity index (χ3v) is 4.29. The van der Waals surface area contributed by atoms with Gasteiger partial charge in [-0.25, -0.2) is 8.78 Å². The molecule has 1 aliphatic carbocycles. The standard InChI is InChI=1S/C12H15F2NS/c1-16-9-4-3-8(10(13)11(9)14)12(7-15)5-2-6-12/h3-4H,2,5-7,15H2,1H3. The third kappa shape index (κ3) is 1.64. The van der Waals surface area contributed by atoms with Crippen LogP contribution in [0.4, 0.5) is 8.78 Å². The van der Waals surface area contributed by atoms with Gasteiger partial charge in [-0.2, -0.15) is 0 Å². The molecule has 1 nitrogen and oxygen atoms in total. The zero-order chi connectivity index (χ0) is 11.8. The van der Waals surface area contributed by atoms with Gasteiger partial charge in [0.1, 0.15) is 0 Å². The summed E-state index contributed by atoms with van der Waals surface area (Å²) >= 11 is 1.22. The average Bonchev–Trinajstić information content (AvgIpc) is 2.23. The fraction of sp³-hybridized carbons (Fsp3) is 0.500. The van der Waals surface area contributed by atoms with Gasteiger partial charge in [0, 0.05) is 16.9 Å². The zero-order valence-corrected chi connectivity index (χ0v) is 10.0. The molecule has 0 amide bonds. The van der Waals surface area contributed by atoms with Crippen LogP contribution in [-0.4, -0.2) is 12.8 Å². The molecular weight excluding hydrogens is 228 g/mol. The van der Waals surface area contributed by atoms with Crippen molar-refractivity contribution in [3.8, 4) is 0 Å². The van der Waals surface area contributed by atoms with Gasteiger partial charge in [-0.15, -0.1) is 11.8 Å². The summed E-state index contributed by atoms with van der Waals surface area (Å²) in [6.07, 6.45) is 4.50. The molecule has 1 aliphatic rings. The van der Waals surface area contributed by atoms with E-state index in [0.29, 0.717) is 17.0 Å². The van der Waals surface area contributed by atoms with Crippen molar-refractivity contribution in [2.75, 3.05) is 12.8 Å². The Balaban J connectivity index is 2.46. The zero-order valence-electron chi connectivity index (χ0n) is 9.22. The van der Waals surface area contributed by atoms with Crippen molar-refractivity contribution in [1.29, 1.82) is 0 Å². The van der Waals surface area contributed by atoms with Crippen LogP contribution in [0.25, 0.3) is 0 Å². The van der Waals surface area contributed by atoms with Gasteiger partial charge < -0.3 is 5.73 Å². The van der Waals surface area contributed by atoms with Crippen molar-refractivity contribution in [2.45, 2.75) is 29.6 Å². The number of hydrogen-bond donors (Lipinski definition) is 1. The Bertz CT molecular complexity index is 397. The van der Waals surface area contributed by atoms with Crippen LogP contribution in [0.1, 0.15) is 24.8 Å². The molecule has 0 saturated heterocycles. The molecule has 1 saturated carbocycles. The molecule has 16 heavy (non-hydrogen) atoms. The molecule has 1 fully saturated rings. The van der Waals surface area contributed by atoms with Crippen LogP contribution in [0.15, 0.2) is 17.0 Å². The average molecular weight is 243 g/mol. The first-order chi connectivity index (χ1) is 7.64. The van der Waals surface area contributed by atoms with Gasteiger partial charge >= 0.3 is 0 Å². The van der Waals surface area contributed by atoms with Gasteiger partial charge in [-0.1, -0.05) is 12.5 Å². The molecule has 2 N–H and O–H groups in total. The van der Waals surface area contributed by atoms with Crippen molar-refractivity contribution in [1.82, 2.24) is 0 Å². The lowest BCUT2D eigenvalue weighted by Crippen LogP contribution is -2.42. The second-order valence-electron chi connectivity index (χ2n) is 4.28. The third-order valence-electron chi connectivity index (χ3n) is 3.54. The minimum absolute atomic E-state index is 0.318. The Morgan fingerprint density at radius 2 is 2.00 bits per heavy atom. The Morgan fingerprint density at radius 3 is 2.44 bits per heavy atom. The monoisotopic (exact) mass is 243 g/mol. The van der Waals surface area contributed by atoms with Crippen LogP contribution in [0.5, 0.6) is 0 Å². The maximum Gasteiger partial charge on any atom is 0.172 e. The number of benzene rings is 1. The van der Waals surface area contributed by atoms with Crippen molar-refractivity contribution in [3.05, 3.63) is 29.3 Å². The second kappa shape index (κ2) is 4.34. The van der Waals surface area contributed by atoms with E-state index < -0.39 is 11.6 Å². The fourth-order valence-electron chi connectivity index (χ4n) is 2.29. The Hall–Kier alpha value is -0.610. The molecule has 1 aromatic rings. The predicted molar refractivity (Wildman–Crippen MR) is 62.7 cm³/mol. The first kappa shape index (κ1) is 11.9. The highest BCUT2D eigenvalue weighted by Gasteiger charge is 2.40. The highest BCUT2D eigenvalue weighted by molar-refractivity contribution is 7.98. The van der Waals surface area contributed by atoms with E-state index in [1.165, 1.54) is 11.8 Å². The summed E-state index contributed by atoms with van der Waals surface area (Å²) in [5.41, 5.74) is 5.83. The van der Waals surface area contributed by atoms with Gasteiger partial charge in [-0.05, 0) is 30.7 Å². The van der Waals surface area contributed by atoms with Crippen LogP contribution in [0, 0.1) is 11.6 Å². The maximum absolute atomic E-state index is 13.9. The minimum atomic E-state index is -0.732. The Kier molecular flexibility index (Phi) is 3.22. The largest absolute Gasteiger partial charge is 0.330 e. The molecule has 0 atom stereocenters. The van der Waals surface area contributed by atoms with E-state index in [1.807, 2.05) is 0 Å². The summed E-state index contributed by atoms with van der Waals surface area (Å²) in [5, 5.41) is 0. The normalized spacial score (nSPS) is 18.2. The molecular formula is C12H15F2NS. The highest BCUT2D eigenvalue weighted by Crippen LogP contribution is 2.44. The Morgan fingerprint density at radius 1 is 1.31 bits per heavy atom. The van der Waals surface area contributed by atoms with E-state index in [-0.39, 0.29) is 5.41 Å².